The summed E-state index contributed by atoms with van der Waals surface area (Å²) < 4.78 is 13.5. The van der Waals surface area contributed by atoms with Crippen LogP contribution in [0.15, 0.2) is 84.1 Å². The molecule has 33 heavy (non-hydrogen) atoms. The summed E-state index contributed by atoms with van der Waals surface area (Å²) in [6.07, 6.45) is 1.25. The predicted octanol–water partition coefficient (Wildman–Crippen LogP) is 2.76. The average molecular weight is 446 g/mol. The Kier molecular flexibility index (Phi) is 7.04. The second-order valence-electron chi connectivity index (χ2n) is 7.64. The molecule has 168 valence electrons. The van der Waals surface area contributed by atoms with Crippen LogP contribution in [0.25, 0.3) is 0 Å². The van der Waals surface area contributed by atoms with Crippen LogP contribution >= 0.6 is 0 Å². The van der Waals surface area contributed by atoms with E-state index in [9.17, 15) is 14.0 Å². The number of halogens is 1. The molecule has 2 unspecified atom stereocenters. The summed E-state index contributed by atoms with van der Waals surface area (Å²) in [5.41, 5.74) is 2.65. The third-order valence-corrected chi connectivity index (χ3v) is 5.20. The highest BCUT2D eigenvalue weighted by molar-refractivity contribution is 6.04. The van der Waals surface area contributed by atoms with E-state index in [0.717, 1.165) is 5.56 Å². The molecule has 4 rings (SSSR count). The zero-order valence-electron chi connectivity index (χ0n) is 17.8. The van der Waals surface area contributed by atoms with E-state index in [0.29, 0.717) is 23.4 Å². The first-order chi connectivity index (χ1) is 16.1. The normalized spacial score (nSPS) is 15.8. The summed E-state index contributed by atoms with van der Waals surface area (Å²) in [7, 11) is 0. The van der Waals surface area contributed by atoms with Crippen molar-refractivity contribution in [2.24, 2.45) is 5.16 Å². The molecule has 0 radical (unpaired) electrons. The summed E-state index contributed by atoms with van der Waals surface area (Å²) in [4.78, 5) is 35.3. The minimum Gasteiger partial charge on any atom is -0.382 e. The van der Waals surface area contributed by atoms with E-state index < -0.39 is 23.9 Å². The highest BCUT2D eigenvalue weighted by atomic mass is 19.1. The van der Waals surface area contributed by atoms with Crippen LogP contribution in [-0.2, 0) is 27.4 Å². The van der Waals surface area contributed by atoms with Gasteiger partial charge in [-0.05, 0) is 29.8 Å². The molecule has 0 aliphatic carbocycles. The van der Waals surface area contributed by atoms with Gasteiger partial charge in [-0.3, -0.25) is 14.6 Å². The van der Waals surface area contributed by atoms with Gasteiger partial charge >= 0.3 is 0 Å². The summed E-state index contributed by atoms with van der Waals surface area (Å²) in [5, 5.41) is 9.55. The Hall–Kier alpha value is -4.07. The number of rotatable bonds is 8. The minimum atomic E-state index is -0.898. The number of hydrogen-bond acceptors (Lipinski definition) is 5. The molecular formula is C25H23FN4O3. The fraction of sp³-hybridized carbons (Fsp3) is 0.200. The number of amides is 2. The second-order valence-corrected chi connectivity index (χ2v) is 7.64. The molecule has 0 fully saturated rings. The monoisotopic (exact) mass is 446 g/mol. The first-order valence-corrected chi connectivity index (χ1v) is 10.6. The predicted molar refractivity (Wildman–Crippen MR) is 121 cm³/mol. The quantitative estimate of drug-likeness (QED) is 0.557. The largest absolute Gasteiger partial charge is 0.382 e. The zero-order chi connectivity index (χ0) is 23.0. The number of carbonyl (C=O) groups excluding carboxylic acids is 2. The number of oxime groups is 1. The van der Waals surface area contributed by atoms with E-state index in [1.54, 1.807) is 24.4 Å². The van der Waals surface area contributed by atoms with E-state index in [2.05, 4.69) is 20.8 Å². The van der Waals surface area contributed by atoms with Crippen LogP contribution in [0.1, 0.15) is 23.2 Å². The number of benzene rings is 2. The van der Waals surface area contributed by atoms with E-state index in [-0.39, 0.29) is 18.9 Å². The lowest BCUT2D eigenvalue weighted by molar-refractivity contribution is -0.135. The van der Waals surface area contributed by atoms with E-state index in [4.69, 9.17) is 4.84 Å². The van der Waals surface area contributed by atoms with E-state index >= 15 is 0 Å². The first-order valence-electron chi connectivity index (χ1n) is 10.6. The van der Waals surface area contributed by atoms with Gasteiger partial charge in [0.2, 0.25) is 12.0 Å². The van der Waals surface area contributed by atoms with E-state index in [1.165, 1.54) is 12.1 Å². The van der Waals surface area contributed by atoms with Gasteiger partial charge in [0.1, 0.15) is 11.9 Å². The van der Waals surface area contributed by atoms with Crippen LogP contribution in [0.4, 0.5) is 4.39 Å². The van der Waals surface area contributed by atoms with Crippen LogP contribution in [0.2, 0.25) is 0 Å². The number of hydrogen-bond donors (Lipinski definition) is 2. The maximum absolute atomic E-state index is 13.5. The second kappa shape index (κ2) is 10.5. The van der Waals surface area contributed by atoms with Gasteiger partial charge in [-0.25, -0.2) is 4.39 Å². The molecule has 1 aromatic heterocycles. The van der Waals surface area contributed by atoms with Crippen molar-refractivity contribution >= 4 is 17.5 Å². The van der Waals surface area contributed by atoms with Gasteiger partial charge in [-0.2, -0.15) is 0 Å². The molecule has 2 N–H and O–H groups in total. The molecule has 1 aliphatic rings. The number of pyridine rings is 1. The molecule has 8 heteroatoms. The standard InChI is InChI=1S/C25H23FN4O3/c26-19-10-6-9-18(14-19)21-15-23(33-30-21)25(32)29-22(13-17-7-2-1-3-8-17)24(31)28-16-20-11-4-5-12-27-20/h1-12,14,22-23H,13,15-16H2,(H,28,31)(H,29,32). The van der Waals surface area contributed by atoms with Gasteiger partial charge in [0.25, 0.3) is 5.91 Å². The Morgan fingerprint density at radius 1 is 1.06 bits per heavy atom. The molecule has 2 amide bonds. The Balaban J connectivity index is 1.41. The SMILES string of the molecule is O=C(NCc1ccccn1)C(Cc1ccccc1)NC(=O)C1CC(c2cccc(F)c2)=NO1. The van der Waals surface area contributed by atoms with Gasteiger partial charge in [-0.15, -0.1) is 0 Å². The zero-order valence-corrected chi connectivity index (χ0v) is 17.8. The van der Waals surface area contributed by atoms with Crippen LogP contribution in [0, 0.1) is 5.82 Å². The summed E-state index contributed by atoms with van der Waals surface area (Å²) in [6.45, 7) is 0.244. The van der Waals surface area contributed by atoms with Crippen molar-refractivity contribution in [3.8, 4) is 0 Å². The van der Waals surface area contributed by atoms with Gasteiger partial charge < -0.3 is 15.5 Å². The third-order valence-electron chi connectivity index (χ3n) is 5.20. The fourth-order valence-electron chi connectivity index (χ4n) is 3.48. The molecule has 1 aliphatic heterocycles. The molecule has 0 saturated heterocycles. The van der Waals surface area contributed by atoms with Crippen molar-refractivity contribution in [2.45, 2.75) is 31.5 Å². The molecular weight excluding hydrogens is 423 g/mol. The lowest BCUT2D eigenvalue weighted by Gasteiger charge is -2.20. The smallest absolute Gasteiger partial charge is 0.265 e. The van der Waals surface area contributed by atoms with Crippen LogP contribution in [-0.4, -0.2) is 34.7 Å². The molecule has 0 bridgehead atoms. The van der Waals surface area contributed by atoms with Crippen molar-refractivity contribution in [3.05, 3.63) is 102 Å². The van der Waals surface area contributed by atoms with Crippen LogP contribution < -0.4 is 10.6 Å². The Morgan fingerprint density at radius 2 is 1.88 bits per heavy atom. The molecule has 2 atom stereocenters. The Morgan fingerprint density at radius 3 is 2.64 bits per heavy atom. The highest BCUT2D eigenvalue weighted by Crippen LogP contribution is 2.18. The molecule has 0 spiro atoms. The maximum Gasteiger partial charge on any atom is 0.265 e. The van der Waals surface area contributed by atoms with Gasteiger partial charge in [-0.1, -0.05) is 53.7 Å². The minimum absolute atomic E-state index is 0.183. The molecule has 2 heterocycles. The summed E-state index contributed by atoms with van der Waals surface area (Å²) in [6, 6.07) is 20.0. The van der Waals surface area contributed by atoms with Crippen LogP contribution in [0.3, 0.4) is 0 Å². The fourth-order valence-corrected chi connectivity index (χ4v) is 3.48. The number of carbonyl (C=O) groups is 2. The van der Waals surface area contributed by atoms with Gasteiger partial charge in [0.05, 0.1) is 18.0 Å². The summed E-state index contributed by atoms with van der Waals surface area (Å²) >= 11 is 0. The van der Waals surface area contributed by atoms with Crippen molar-refractivity contribution in [3.63, 3.8) is 0 Å². The Labute approximate surface area is 190 Å². The van der Waals surface area contributed by atoms with Crippen molar-refractivity contribution in [1.82, 2.24) is 15.6 Å². The molecule has 0 saturated carbocycles. The number of nitrogens with zero attached hydrogens (tertiary/aromatic N) is 2. The van der Waals surface area contributed by atoms with Gasteiger partial charge in [0, 0.05) is 24.6 Å². The van der Waals surface area contributed by atoms with Crippen molar-refractivity contribution in [1.29, 1.82) is 0 Å². The average Bonchev–Trinajstić information content (AvgIpc) is 3.34. The molecule has 3 aromatic rings. The highest BCUT2D eigenvalue weighted by Gasteiger charge is 2.32. The third kappa shape index (κ3) is 6.00. The van der Waals surface area contributed by atoms with Crippen molar-refractivity contribution < 1.29 is 18.8 Å². The van der Waals surface area contributed by atoms with Gasteiger partial charge in [0.15, 0.2) is 0 Å². The maximum atomic E-state index is 13.5. The van der Waals surface area contributed by atoms with Crippen molar-refractivity contribution in [2.75, 3.05) is 0 Å². The lowest BCUT2D eigenvalue weighted by Crippen LogP contribution is -2.50. The molecule has 2 aromatic carbocycles. The number of aromatic nitrogens is 1. The lowest BCUT2D eigenvalue weighted by atomic mass is 10.0. The summed E-state index contributed by atoms with van der Waals surface area (Å²) in [5.74, 6) is -1.18. The topological polar surface area (TPSA) is 92.7 Å². The Bertz CT molecular complexity index is 1140. The van der Waals surface area contributed by atoms with Crippen LogP contribution in [0.5, 0.6) is 0 Å². The first kappa shape index (κ1) is 22.1. The number of nitrogens with one attached hydrogen (secondary N) is 2. The van der Waals surface area contributed by atoms with E-state index in [1.807, 2.05) is 42.5 Å². The molecule has 7 nitrogen and oxygen atoms in total.